The van der Waals surface area contributed by atoms with Crippen molar-refractivity contribution in [1.29, 1.82) is 0 Å². The molecule has 0 saturated heterocycles. The zero-order valence-electron chi connectivity index (χ0n) is 10.9. The van der Waals surface area contributed by atoms with Crippen LogP contribution in [0.4, 0.5) is 4.39 Å². The van der Waals surface area contributed by atoms with E-state index in [0.29, 0.717) is 6.54 Å². The van der Waals surface area contributed by atoms with Crippen LogP contribution in [0, 0.1) is 5.95 Å². The van der Waals surface area contributed by atoms with Crippen molar-refractivity contribution in [2.45, 2.75) is 33.2 Å². The monoisotopic (exact) mass is 254 g/mol. The first-order chi connectivity index (χ1) is 8.58. The van der Waals surface area contributed by atoms with Crippen LogP contribution in [0.2, 0.25) is 0 Å². The molecule has 0 fully saturated rings. The zero-order chi connectivity index (χ0) is 13.5. The summed E-state index contributed by atoms with van der Waals surface area (Å²) in [6, 6.07) is 1.46. The Morgan fingerprint density at radius 2 is 1.89 bits per heavy atom. The summed E-state index contributed by atoms with van der Waals surface area (Å²) in [5, 5.41) is 18.1. The first kappa shape index (κ1) is 15.1. The summed E-state index contributed by atoms with van der Waals surface area (Å²) in [4.78, 5) is 5.80. The normalized spacial score (nSPS) is 11.0. The van der Waals surface area contributed by atoms with Gasteiger partial charge in [0.25, 0.3) is 0 Å². The third-order valence-electron chi connectivity index (χ3n) is 2.69. The van der Waals surface area contributed by atoms with E-state index in [9.17, 15) is 4.39 Å². The first-order valence-electron chi connectivity index (χ1n) is 6.31. The maximum atomic E-state index is 13.2. The van der Waals surface area contributed by atoms with Gasteiger partial charge < -0.3 is 10.0 Å². The van der Waals surface area contributed by atoms with Crippen molar-refractivity contribution < 1.29 is 14.4 Å². The fourth-order valence-corrected chi connectivity index (χ4v) is 1.94. The van der Waals surface area contributed by atoms with Gasteiger partial charge >= 0.3 is 7.12 Å². The molecule has 0 amide bonds. The van der Waals surface area contributed by atoms with Crippen LogP contribution >= 0.6 is 0 Å². The summed E-state index contributed by atoms with van der Waals surface area (Å²) in [6.07, 6.45) is 3.54. The van der Waals surface area contributed by atoms with Crippen molar-refractivity contribution in [1.82, 2.24) is 9.88 Å². The van der Waals surface area contributed by atoms with Crippen LogP contribution in [0.25, 0.3) is 0 Å². The summed E-state index contributed by atoms with van der Waals surface area (Å²) < 4.78 is 13.2. The third kappa shape index (κ3) is 4.36. The van der Waals surface area contributed by atoms with Gasteiger partial charge in [-0.15, -0.1) is 0 Å². The molecule has 4 nitrogen and oxygen atoms in total. The van der Waals surface area contributed by atoms with E-state index in [-0.39, 0.29) is 5.46 Å². The molecule has 0 aliphatic heterocycles. The lowest BCUT2D eigenvalue weighted by atomic mass is 9.80. The van der Waals surface area contributed by atoms with Crippen LogP contribution in [0.3, 0.4) is 0 Å². The Labute approximate surface area is 108 Å². The molecule has 0 unspecified atom stereocenters. The van der Waals surface area contributed by atoms with Gasteiger partial charge in [0.05, 0.1) is 0 Å². The van der Waals surface area contributed by atoms with Crippen molar-refractivity contribution in [3.63, 3.8) is 0 Å². The number of rotatable bonds is 7. The average molecular weight is 254 g/mol. The van der Waals surface area contributed by atoms with E-state index in [0.717, 1.165) is 31.5 Å². The van der Waals surface area contributed by atoms with E-state index in [1.807, 2.05) is 0 Å². The Morgan fingerprint density at radius 3 is 2.39 bits per heavy atom. The van der Waals surface area contributed by atoms with Crippen molar-refractivity contribution >= 4 is 12.6 Å². The van der Waals surface area contributed by atoms with Gasteiger partial charge in [-0.2, -0.15) is 4.39 Å². The number of aromatic nitrogens is 1. The highest BCUT2D eigenvalue weighted by atomic mass is 19.1. The molecule has 1 rings (SSSR count). The van der Waals surface area contributed by atoms with Gasteiger partial charge in [-0.25, -0.2) is 4.98 Å². The van der Waals surface area contributed by atoms with E-state index in [4.69, 9.17) is 10.0 Å². The molecule has 1 aromatic heterocycles. The number of hydrogen-bond acceptors (Lipinski definition) is 4. The molecule has 18 heavy (non-hydrogen) atoms. The summed E-state index contributed by atoms with van der Waals surface area (Å²) in [5.41, 5.74) is 0.627. The Morgan fingerprint density at radius 1 is 1.28 bits per heavy atom. The zero-order valence-corrected chi connectivity index (χ0v) is 10.9. The van der Waals surface area contributed by atoms with Crippen molar-refractivity contribution in [2.75, 3.05) is 13.1 Å². The van der Waals surface area contributed by atoms with Crippen molar-refractivity contribution in [3.05, 3.63) is 23.8 Å². The van der Waals surface area contributed by atoms with Crippen LogP contribution in [0.5, 0.6) is 0 Å². The molecule has 0 saturated carbocycles. The summed E-state index contributed by atoms with van der Waals surface area (Å²) in [5.74, 6) is -0.828. The highest BCUT2D eigenvalue weighted by Crippen LogP contribution is 2.05. The number of nitrogens with zero attached hydrogens (tertiary/aromatic N) is 2. The number of pyridine rings is 1. The van der Waals surface area contributed by atoms with Crippen LogP contribution in [-0.4, -0.2) is 40.1 Å². The average Bonchev–Trinajstić information content (AvgIpc) is 2.32. The standard InChI is InChI=1S/C12H20BFN2O2/c1-3-5-16(6-4-2)9-10-7-11(13(17)18)12(14)15-8-10/h7-8,17-18H,3-6,9H2,1-2H3. The molecule has 1 aromatic rings. The minimum Gasteiger partial charge on any atom is -0.423 e. The van der Waals surface area contributed by atoms with E-state index in [1.165, 1.54) is 12.3 Å². The molecule has 2 N–H and O–H groups in total. The lowest BCUT2D eigenvalue weighted by Crippen LogP contribution is -2.34. The van der Waals surface area contributed by atoms with Gasteiger partial charge in [0.2, 0.25) is 5.95 Å². The van der Waals surface area contributed by atoms with Gasteiger partial charge in [0.1, 0.15) is 0 Å². The first-order valence-corrected chi connectivity index (χ1v) is 6.31. The molecule has 100 valence electrons. The lowest BCUT2D eigenvalue weighted by molar-refractivity contribution is 0.266. The van der Waals surface area contributed by atoms with Gasteiger partial charge in [-0.1, -0.05) is 19.9 Å². The second kappa shape index (κ2) is 7.46. The van der Waals surface area contributed by atoms with E-state index >= 15 is 0 Å². The molecule has 0 spiro atoms. The predicted octanol–water partition coefficient (Wildman–Crippen LogP) is 0.522. The van der Waals surface area contributed by atoms with Crippen molar-refractivity contribution in [2.24, 2.45) is 0 Å². The lowest BCUT2D eigenvalue weighted by Gasteiger charge is -2.21. The van der Waals surface area contributed by atoms with E-state index in [2.05, 4.69) is 23.7 Å². The summed E-state index contributed by atoms with van der Waals surface area (Å²) in [7, 11) is -1.82. The largest absolute Gasteiger partial charge is 0.493 e. The SMILES string of the molecule is CCCN(CCC)Cc1cnc(F)c(B(O)O)c1. The highest BCUT2D eigenvalue weighted by Gasteiger charge is 2.18. The Kier molecular flexibility index (Phi) is 6.25. The van der Waals surface area contributed by atoms with Gasteiger partial charge in [0, 0.05) is 18.2 Å². The van der Waals surface area contributed by atoms with E-state index in [1.54, 1.807) is 0 Å². The molecule has 0 aliphatic carbocycles. The third-order valence-corrected chi connectivity index (χ3v) is 2.69. The maximum Gasteiger partial charge on any atom is 0.493 e. The smallest absolute Gasteiger partial charge is 0.423 e. The van der Waals surface area contributed by atoms with Crippen LogP contribution < -0.4 is 5.46 Å². The molecule has 0 radical (unpaired) electrons. The highest BCUT2D eigenvalue weighted by molar-refractivity contribution is 6.58. The Hall–Kier alpha value is -0.975. The van der Waals surface area contributed by atoms with Crippen LogP contribution in [0.1, 0.15) is 32.3 Å². The van der Waals surface area contributed by atoms with Crippen molar-refractivity contribution in [3.8, 4) is 0 Å². The van der Waals surface area contributed by atoms with Gasteiger partial charge in [-0.3, -0.25) is 4.90 Å². The quantitative estimate of drug-likeness (QED) is 0.550. The van der Waals surface area contributed by atoms with Crippen LogP contribution in [-0.2, 0) is 6.54 Å². The van der Waals surface area contributed by atoms with Gasteiger partial charge in [-0.05, 0) is 31.5 Å². The van der Waals surface area contributed by atoms with Gasteiger partial charge in [0.15, 0.2) is 0 Å². The predicted molar refractivity (Wildman–Crippen MR) is 69.9 cm³/mol. The summed E-state index contributed by atoms with van der Waals surface area (Å²) in [6.45, 7) is 6.78. The minimum atomic E-state index is -1.82. The Balaban J connectivity index is 2.79. The Bertz CT molecular complexity index is 371. The fraction of sp³-hybridized carbons (Fsp3) is 0.583. The molecule has 0 aliphatic rings. The molecule has 0 aromatic carbocycles. The molecular weight excluding hydrogens is 234 g/mol. The molecule has 0 bridgehead atoms. The second-order valence-electron chi connectivity index (χ2n) is 4.37. The molecule has 6 heteroatoms. The maximum absolute atomic E-state index is 13.2. The molecule has 1 heterocycles. The summed E-state index contributed by atoms with van der Waals surface area (Å²) >= 11 is 0. The van der Waals surface area contributed by atoms with Crippen LogP contribution in [0.15, 0.2) is 12.3 Å². The molecule has 0 atom stereocenters. The van der Waals surface area contributed by atoms with E-state index < -0.39 is 13.1 Å². The molecular formula is C12H20BFN2O2. The number of hydrogen-bond donors (Lipinski definition) is 2. The fourth-order valence-electron chi connectivity index (χ4n) is 1.94. The topological polar surface area (TPSA) is 56.6 Å². The minimum absolute atomic E-state index is 0.166. The second-order valence-corrected chi connectivity index (χ2v) is 4.37. The number of halogens is 1.